The Morgan fingerprint density at radius 2 is 2.25 bits per heavy atom. The molecular formula is C11H20N4O. The lowest BCUT2D eigenvalue weighted by molar-refractivity contribution is 0.240. The summed E-state index contributed by atoms with van der Waals surface area (Å²) < 4.78 is 1.87. The molecule has 0 spiro atoms. The molecule has 2 N–H and O–H groups in total. The standard InChI is InChI=1S/C11H20N4O/c1-3-5-7-12-11(16)13-9-10-6-8-14-15(10)4-2/h6,8H,3-5,7,9H2,1-2H3,(H2,12,13,16). The predicted molar refractivity (Wildman–Crippen MR) is 63.0 cm³/mol. The summed E-state index contributed by atoms with van der Waals surface area (Å²) in [6.45, 7) is 6.19. The fourth-order valence-corrected chi connectivity index (χ4v) is 1.41. The first-order valence-electron chi connectivity index (χ1n) is 5.80. The van der Waals surface area contributed by atoms with Gasteiger partial charge in [-0.2, -0.15) is 5.10 Å². The summed E-state index contributed by atoms with van der Waals surface area (Å²) in [4.78, 5) is 11.4. The van der Waals surface area contributed by atoms with Crippen molar-refractivity contribution in [1.29, 1.82) is 0 Å². The number of carbonyl (C=O) groups excluding carboxylic acids is 1. The Morgan fingerprint density at radius 3 is 2.94 bits per heavy atom. The van der Waals surface area contributed by atoms with Gasteiger partial charge in [0.2, 0.25) is 0 Å². The number of urea groups is 1. The van der Waals surface area contributed by atoms with Crippen molar-refractivity contribution in [3.8, 4) is 0 Å². The average molecular weight is 224 g/mol. The minimum Gasteiger partial charge on any atom is -0.338 e. The van der Waals surface area contributed by atoms with Crippen LogP contribution in [0.2, 0.25) is 0 Å². The third kappa shape index (κ3) is 3.92. The van der Waals surface area contributed by atoms with E-state index in [1.54, 1.807) is 6.20 Å². The molecule has 0 aliphatic heterocycles. The highest BCUT2D eigenvalue weighted by atomic mass is 16.2. The largest absolute Gasteiger partial charge is 0.338 e. The summed E-state index contributed by atoms with van der Waals surface area (Å²) in [5.74, 6) is 0. The van der Waals surface area contributed by atoms with Crippen LogP contribution in [-0.4, -0.2) is 22.4 Å². The smallest absolute Gasteiger partial charge is 0.315 e. The van der Waals surface area contributed by atoms with E-state index in [-0.39, 0.29) is 6.03 Å². The summed E-state index contributed by atoms with van der Waals surface area (Å²) >= 11 is 0. The van der Waals surface area contributed by atoms with E-state index in [4.69, 9.17) is 0 Å². The second-order valence-electron chi connectivity index (χ2n) is 3.60. The Morgan fingerprint density at radius 1 is 1.44 bits per heavy atom. The number of carbonyl (C=O) groups is 1. The van der Waals surface area contributed by atoms with Crippen LogP contribution in [-0.2, 0) is 13.1 Å². The average Bonchev–Trinajstić information content (AvgIpc) is 2.74. The van der Waals surface area contributed by atoms with Gasteiger partial charge in [0.25, 0.3) is 0 Å². The van der Waals surface area contributed by atoms with E-state index < -0.39 is 0 Å². The summed E-state index contributed by atoms with van der Waals surface area (Å²) in [6.07, 6.45) is 3.85. The van der Waals surface area contributed by atoms with Crippen LogP contribution in [0.15, 0.2) is 12.3 Å². The van der Waals surface area contributed by atoms with E-state index in [1.165, 1.54) is 0 Å². The summed E-state index contributed by atoms with van der Waals surface area (Å²) in [5.41, 5.74) is 1.02. The maximum Gasteiger partial charge on any atom is 0.315 e. The van der Waals surface area contributed by atoms with Crippen molar-refractivity contribution >= 4 is 6.03 Å². The lowest BCUT2D eigenvalue weighted by atomic mass is 10.3. The highest BCUT2D eigenvalue weighted by molar-refractivity contribution is 5.73. The molecule has 1 aromatic rings. The Labute approximate surface area is 96.2 Å². The molecule has 0 radical (unpaired) electrons. The van der Waals surface area contributed by atoms with Crippen LogP contribution in [0.1, 0.15) is 32.4 Å². The van der Waals surface area contributed by atoms with Crippen molar-refractivity contribution in [2.24, 2.45) is 0 Å². The molecule has 5 heteroatoms. The number of amides is 2. The molecule has 0 unspecified atom stereocenters. The maximum absolute atomic E-state index is 11.4. The Bertz CT molecular complexity index is 322. The summed E-state index contributed by atoms with van der Waals surface area (Å²) in [5, 5.41) is 9.74. The van der Waals surface area contributed by atoms with Crippen LogP contribution < -0.4 is 10.6 Å². The molecule has 90 valence electrons. The number of hydrogen-bond acceptors (Lipinski definition) is 2. The van der Waals surface area contributed by atoms with Crippen molar-refractivity contribution in [3.63, 3.8) is 0 Å². The quantitative estimate of drug-likeness (QED) is 0.719. The van der Waals surface area contributed by atoms with Gasteiger partial charge in [-0.1, -0.05) is 13.3 Å². The molecule has 5 nitrogen and oxygen atoms in total. The molecule has 0 atom stereocenters. The number of nitrogens with one attached hydrogen (secondary N) is 2. The zero-order chi connectivity index (χ0) is 11.8. The number of nitrogens with zero attached hydrogens (tertiary/aromatic N) is 2. The van der Waals surface area contributed by atoms with Gasteiger partial charge in [-0.3, -0.25) is 4.68 Å². The predicted octanol–water partition coefficient (Wildman–Crippen LogP) is 1.50. The lowest BCUT2D eigenvalue weighted by Gasteiger charge is -2.08. The second kappa shape index (κ2) is 6.87. The van der Waals surface area contributed by atoms with Gasteiger partial charge < -0.3 is 10.6 Å². The SMILES string of the molecule is CCCCNC(=O)NCc1ccnn1CC. The maximum atomic E-state index is 11.4. The molecule has 2 amide bonds. The van der Waals surface area contributed by atoms with E-state index in [1.807, 2.05) is 17.7 Å². The Hall–Kier alpha value is -1.52. The number of rotatable bonds is 6. The third-order valence-electron chi connectivity index (χ3n) is 2.35. The fourth-order valence-electron chi connectivity index (χ4n) is 1.41. The molecule has 1 rings (SSSR count). The van der Waals surface area contributed by atoms with Crippen LogP contribution in [0.4, 0.5) is 4.79 Å². The van der Waals surface area contributed by atoms with E-state index >= 15 is 0 Å². The lowest BCUT2D eigenvalue weighted by Crippen LogP contribution is -2.36. The van der Waals surface area contributed by atoms with Crippen LogP contribution in [0.25, 0.3) is 0 Å². The molecule has 0 aromatic carbocycles. The summed E-state index contributed by atoms with van der Waals surface area (Å²) in [6, 6.07) is 1.80. The first-order chi connectivity index (χ1) is 7.77. The Balaban J connectivity index is 2.26. The molecule has 0 aliphatic rings. The Kier molecular flexibility index (Phi) is 5.39. The van der Waals surface area contributed by atoms with Gasteiger partial charge in [0, 0.05) is 19.3 Å². The van der Waals surface area contributed by atoms with Crippen molar-refractivity contribution in [2.45, 2.75) is 39.8 Å². The van der Waals surface area contributed by atoms with Gasteiger partial charge in [0.1, 0.15) is 0 Å². The van der Waals surface area contributed by atoms with Crippen LogP contribution in [0, 0.1) is 0 Å². The van der Waals surface area contributed by atoms with Gasteiger partial charge >= 0.3 is 6.03 Å². The van der Waals surface area contributed by atoms with Crippen LogP contribution in [0.5, 0.6) is 0 Å². The highest BCUT2D eigenvalue weighted by Crippen LogP contribution is 1.97. The second-order valence-corrected chi connectivity index (χ2v) is 3.60. The minimum atomic E-state index is -0.114. The fraction of sp³-hybridized carbons (Fsp3) is 0.636. The molecule has 0 bridgehead atoms. The molecule has 0 aliphatic carbocycles. The number of aryl methyl sites for hydroxylation is 1. The number of aromatic nitrogens is 2. The molecule has 1 aromatic heterocycles. The van der Waals surface area contributed by atoms with E-state index in [0.29, 0.717) is 6.54 Å². The summed E-state index contributed by atoms with van der Waals surface area (Å²) in [7, 11) is 0. The van der Waals surface area contributed by atoms with E-state index in [9.17, 15) is 4.79 Å². The number of unbranched alkanes of at least 4 members (excludes halogenated alkanes) is 1. The topological polar surface area (TPSA) is 59.0 Å². The third-order valence-corrected chi connectivity index (χ3v) is 2.35. The van der Waals surface area contributed by atoms with E-state index in [2.05, 4.69) is 22.7 Å². The minimum absolute atomic E-state index is 0.114. The number of hydrogen-bond donors (Lipinski definition) is 2. The van der Waals surface area contributed by atoms with Gasteiger partial charge in [-0.05, 0) is 19.4 Å². The van der Waals surface area contributed by atoms with Gasteiger partial charge in [0.15, 0.2) is 0 Å². The van der Waals surface area contributed by atoms with E-state index in [0.717, 1.165) is 31.6 Å². The normalized spacial score (nSPS) is 10.1. The van der Waals surface area contributed by atoms with Crippen molar-refractivity contribution < 1.29 is 4.79 Å². The van der Waals surface area contributed by atoms with Gasteiger partial charge in [-0.15, -0.1) is 0 Å². The molecule has 0 saturated heterocycles. The molecule has 1 heterocycles. The molecule has 0 fully saturated rings. The zero-order valence-corrected chi connectivity index (χ0v) is 9.99. The molecular weight excluding hydrogens is 204 g/mol. The monoisotopic (exact) mass is 224 g/mol. The van der Waals surface area contributed by atoms with Crippen LogP contribution >= 0.6 is 0 Å². The van der Waals surface area contributed by atoms with Gasteiger partial charge in [-0.25, -0.2) is 4.79 Å². The van der Waals surface area contributed by atoms with Crippen molar-refractivity contribution in [3.05, 3.63) is 18.0 Å². The zero-order valence-electron chi connectivity index (χ0n) is 9.99. The van der Waals surface area contributed by atoms with Crippen molar-refractivity contribution in [2.75, 3.05) is 6.54 Å². The van der Waals surface area contributed by atoms with Crippen LogP contribution in [0.3, 0.4) is 0 Å². The van der Waals surface area contributed by atoms with Crippen molar-refractivity contribution in [1.82, 2.24) is 20.4 Å². The first kappa shape index (κ1) is 12.5. The van der Waals surface area contributed by atoms with Gasteiger partial charge in [0.05, 0.1) is 12.2 Å². The first-order valence-corrected chi connectivity index (χ1v) is 5.80. The molecule has 16 heavy (non-hydrogen) atoms. The molecule has 0 saturated carbocycles. The highest BCUT2D eigenvalue weighted by Gasteiger charge is 2.03.